The molecule has 4 amide bonds. The molecule has 0 aromatic heterocycles. The number of allylic oxidation sites excluding steroid dienone is 1. The van der Waals surface area contributed by atoms with Crippen LogP contribution in [0.2, 0.25) is 0 Å². The molecule has 0 spiro atoms. The molecule has 230 valence electrons. The van der Waals surface area contributed by atoms with Gasteiger partial charge in [-0.25, -0.2) is 0 Å². The average Bonchev–Trinajstić information content (AvgIpc) is 3.24. The summed E-state index contributed by atoms with van der Waals surface area (Å²) < 4.78 is 16.7. The van der Waals surface area contributed by atoms with Crippen molar-refractivity contribution in [3.8, 4) is 0 Å². The van der Waals surface area contributed by atoms with Crippen LogP contribution in [-0.2, 0) is 36.6 Å². The van der Waals surface area contributed by atoms with E-state index in [4.69, 9.17) is 14.2 Å². The number of fused-ring (bicyclic) bond motifs is 1. The van der Waals surface area contributed by atoms with Gasteiger partial charge in [0.25, 0.3) is 11.8 Å². The monoisotopic (exact) mass is 591 g/mol. The molecule has 2 heterocycles. The SMILES string of the molecule is C=C1CCC(N2C(=O)c3cccc(CCCOCCOCCOCCC(=O)Nc4cccc(CCC)c4)c3C2=O)C(=O)N1. The second kappa shape index (κ2) is 16.1. The Bertz CT molecular complexity index is 1330. The van der Waals surface area contributed by atoms with Crippen molar-refractivity contribution in [2.75, 3.05) is 45.0 Å². The minimum Gasteiger partial charge on any atom is -0.379 e. The minimum atomic E-state index is -0.822. The molecular formula is C33H41N3O7. The van der Waals surface area contributed by atoms with Crippen LogP contribution >= 0.6 is 0 Å². The molecule has 0 saturated carbocycles. The van der Waals surface area contributed by atoms with Crippen LogP contribution < -0.4 is 10.6 Å². The zero-order valence-electron chi connectivity index (χ0n) is 24.8. The van der Waals surface area contributed by atoms with Gasteiger partial charge in [-0.2, -0.15) is 0 Å². The van der Waals surface area contributed by atoms with Crippen molar-refractivity contribution >= 4 is 29.3 Å². The van der Waals surface area contributed by atoms with Gasteiger partial charge in [0.05, 0.1) is 50.6 Å². The van der Waals surface area contributed by atoms with Crippen molar-refractivity contribution in [2.45, 2.75) is 57.9 Å². The molecule has 0 radical (unpaired) electrons. The van der Waals surface area contributed by atoms with Crippen LogP contribution in [0.15, 0.2) is 54.7 Å². The van der Waals surface area contributed by atoms with E-state index >= 15 is 0 Å². The number of hydrogen-bond donors (Lipinski definition) is 2. The Kier molecular flexibility index (Phi) is 12.0. The van der Waals surface area contributed by atoms with Crippen LogP contribution in [-0.4, -0.2) is 74.2 Å². The number of nitrogens with zero attached hydrogens (tertiary/aromatic N) is 1. The van der Waals surface area contributed by atoms with Crippen molar-refractivity contribution in [1.29, 1.82) is 0 Å². The molecule has 0 bridgehead atoms. The van der Waals surface area contributed by atoms with E-state index in [0.29, 0.717) is 82.1 Å². The van der Waals surface area contributed by atoms with Crippen molar-refractivity contribution in [3.63, 3.8) is 0 Å². The van der Waals surface area contributed by atoms with Gasteiger partial charge in [-0.15, -0.1) is 0 Å². The number of hydrogen-bond acceptors (Lipinski definition) is 7. The van der Waals surface area contributed by atoms with Crippen molar-refractivity contribution < 1.29 is 33.4 Å². The maximum atomic E-state index is 13.2. The third-order valence-electron chi connectivity index (χ3n) is 7.37. The molecule has 1 unspecified atom stereocenters. The fourth-order valence-corrected chi connectivity index (χ4v) is 5.26. The van der Waals surface area contributed by atoms with Gasteiger partial charge in [0, 0.05) is 18.0 Å². The lowest BCUT2D eigenvalue weighted by molar-refractivity contribution is -0.125. The molecule has 1 fully saturated rings. The summed E-state index contributed by atoms with van der Waals surface area (Å²) in [5.74, 6) is -1.30. The smallest absolute Gasteiger partial charge is 0.262 e. The first-order valence-electron chi connectivity index (χ1n) is 15.0. The Balaban J connectivity index is 1.06. The molecule has 2 aromatic rings. The van der Waals surface area contributed by atoms with E-state index in [1.165, 1.54) is 5.56 Å². The molecule has 10 heteroatoms. The van der Waals surface area contributed by atoms with E-state index in [2.05, 4.69) is 30.2 Å². The van der Waals surface area contributed by atoms with Gasteiger partial charge in [-0.3, -0.25) is 24.1 Å². The second-order valence-electron chi connectivity index (χ2n) is 10.7. The summed E-state index contributed by atoms with van der Waals surface area (Å²) in [6.45, 7) is 8.30. The van der Waals surface area contributed by atoms with Gasteiger partial charge in [-0.1, -0.05) is 44.2 Å². The number of carbonyl (C=O) groups excluding carboxylic acids is 4. The summed E-state index contributed by atoms with van der Waals surface area (Å²) in [4.78, 5) is 51.9. The maximum Gasteiger partial charge on any atom is 0.262 e. The van der Waals surface area contributed by atoms with E-state index in [-0.39, 0.29) is 18.2 Å². The number of amides is 4. The van der Waals surface area contributed by atoms with Gasteiger partial charge in [0.1, 0.15) is 6.04 Å². The predicted molar refractivity (Wildman–Crippen MR) is 162 cm³/mol. The summed E-state index contributed by atoms with van der Waals surface area (Å²) in [5, 5.41) is 5.56. The van der Waals surface area contributed by atoms with E-state index in [1.807, 2.05) is 24.3 Å². The second-order valence-corrected chi connectivity index (χ2v) is 10.7. The Morgan fingerprint density at radius 3 is 2.42 bits per heavy atom. The summed E-state index contributed by atoms with van der Waals surface area (Å²) in [5.41, 5.74) is 4.10. The molecule has 4 rings (SSSR count). The van der Waals surface area contributed by atoms with Crippen molar-refractivity contribution in [1.82, 2.24) is 10.2 Å². The Morgan fingerprint density at radius 2 is 1.67 bits per heavy atom. The standard InChI is InChI=1S/C33H41N3O7/c1-3-7-24-8-4-11-26(22-24)35-29(37)15-17-42-19-21-43-20-18-41-16-6-10-25-9-5-12-27-30(25)33(40)36(32(27)39)28-14-13-23(2)34-31(28)38/h4-5,8-9,11-12,22,28H,2-3,6-7,10,13-21H2,1H3,(H,34,38)(H,35,37). The molecule has 1 atom stereocenters. The van der Waals surface area contributed by atoms with Crippen LogP contribution in [0.4, 0.5) is 5.69 Å². The predicted octanol–water partition coefficient (Wildman–Crippen LogP) is 4.04. The van der Waals surface area contributed by atoms with Crippen LogP contribution in [0.1, 0.15) is 70.9 Å². The van der Waals surface area contributed by atoms with Crippen LogP contribution in [0.5, 0.6) is 0 Å². The molecule has 10 nitrogen and oxygen atoms in total. The minimum absolute atomic E-state index is 0.0834. The maximum absolute atomic E-state index is 13.2. The largest absolute Gasteiger partial charge is 0.379 e. The number of rotatable bonds is 17. The number of anilines is 1. The number of piperidine rings is 1. The first-order valence-corrected chi connectivity index (χ1v) is 15.0. The summed E-state index contributed by atoms with van der Waals surface area (Å²) in [6, 6.07) is 12.3. The number of aryl methyl sites for hydroxylation is 2. The first kappa shape index (κ1) is 32.1. The number of imide groups is 1. The van der Waals surface area contributed by atoms with Gasteiger partial charge < -0.3 is 24.8 Å². The van der Waals surface area contributed by atoms with E-state index in [0.717, 1.165) is 29.0 Å². The third-order valence-corrected chi connectivity index (χ3v) is 7.37. The average molecular weight is 592 g/mol. The molecule has 1 saturated heterocycles. The molecule has 2 aromatic carbocycles. The Morgan fingerprint density at radius 1 is 0.953 bits per heavy atom. The van der Waals surface area contributed by atoms with Crippen LogP contribution in [0, 0.1) is 0 Å². The van der Waals surface area contributed by atoms with E-state index in [1.54, 1.807) is 12.1 Å². The fourth-order valence-electron chi connectivity index (χ4n) is 5.26. The number of nitrogens with one attached hydrogen (secondary N) is 2. The Labute approximate surface area is 252 Å². The Hall–Kier alpha value is -3.86. The molecule has 2 N–H and O–H groups in total. The zero-order chi connectivity index (χ0) is 30.6. The normalized spacial score (nSPS) is 16.4. The number of carbonyl (C=O) groups is 4. The highest BCUT2D eigenvalue weighted by molar-refractivity contribution is 6.23. The van der Waals surface area contributed by atoms with Crippen molar-refractivity contribution in [3.05, 3.63) is 77.0 Å². The lowest BCUT2D eigenvalue weighted by Crippen LogP contribution is -2.51. The van der Waals surface area contributed by atoms with Gasteiger partial charge in [0.2, 0.25) is 11.8 Å². The van der Waals surface area contributed by atoms with Crippen LogP contribution in [0.3, 0.4) is 0 Å². The molecule has 0 aliphatic carbocycles. The summed E-state index contributed by atoms with van der Waals surface area (Å²) in [7, 11) is 0. The fraction of sp³-hybridized carbons (Fsp3) is 0.455. The molecular weight excluding hydrogens is 550 g/mol. The summed E-state index contributed by atoms with van der Waals surface area (Å²) in [6.07, 6.45) is 4.45. The van der Waals surface area contributed by atoms with E-state index in [9.17, 15) is 19.2 Å². The van der Waals surface area contributed by atoms with Crippen molar-refractivity contribution in [2.24, 2.45) is 0 Å². The topological polar surface area (TPSA) is 123 Å². The van der Waals surface area contributed by atoms with E-state index < -0.39 is 17.9 Å². The van der Waals surface area contributed by atoms with Crippen LogP contribution in [0.25, 0.3) is 0 Å². The number of ether oxygens (including phenoxy) is 3. The lowest BCUT2D eigenvalue weighted by atomic mass is 9.99. The van der Waals surface area contributed by atoms with Gasteiger partial charge in [-0.05, 0) is 61.4 Å². The van der Waals surface area contributed by atoms with Gasteiger partial charge in [0.15, 0.2) is 0 Å². The highest BCUT2D eigenvalue weighted by atomic mass is 16.5. The lowest BCUT2D eigenvalue weighted by Gasteiger charge is -2.29. The third kappa shape index (κ3) is 8.82. The van der Waals surface area contributed by atoms with Gasteiger partial charge >= 0.3 is 0 Å². The summed E-state index contributed by atoms with van der Waals surface area (Å²) >= 11 is 0. The zero-order valence-corrected chi connectivity index (χ0v) is 24.8. The first-order chi connectivity index (χ1) is 20.9. The molecule has 43 heavy (non-hydrogen) atoms. The number of benzene rings is 2. The molecule has 2 aliphatic heterocycles. The highest BCUT2D eigenvalue weighted by Crippen LogP contribution is 2.31. The highest BCUT2D eigenvalue weighted by Gasteiger charge is 2.44. The molecule has 2 aliphatic rings. The quantitative estimate of drug-likeness (QED) is 0.210.